The molecule has 1 unspecified atom stereocenters. The third-order valence-corrected chi connectivity index (χ3v) is 4.46. The van der Waals surface area contributed by atoms with Crippen LogP contribution in [0.2, 0.25) is 0 Å². The Morgan fingerprint density at radius 1 is 0.842 bits per heavy atom. The Hall–Kier alpha value is -1.04. The van der Waals surface area contributed by atoms with Crippen LogP contribution in [0.4, 0.5) is 0 Å². The van der Waals surface area contributed by atoms with Crippen molar-refractivity contribution in [1.82, 2.24) is 0 Å². The normalized spacial score (nSPS) is 23.7. The highest BCUT2D eigenvalue weighted by Gasteiger charge is 2.20. The molecule has 0 spiro atoms. The van der Waals surface area contributed by atoms with E-state index in [1.807, 2.05) is 0 Å². The van der Waals surface area contributed by atoms with E-state index in [1.54, 1.807) is 5.57 Å². The van der Waals surface area contributed by atoms with Crippen LogP contribution >= 0.6 is 0 Å². The molecule has 0 saturated carbocycles. The van der Waals surface area contributed by atoms with Gasteiger partial charge in [0, 0.05) is 0 Å². The molecule has 1 atom stereocenters. The standard InChI is InChI=1S/C13H18.C6H10/c1-11(13-9-5-6-10-13)12-7-3-2-4-8-12;1-2-4-6-5-3-1/h3,5-8,11,13H,2,4,9-10H2,1H3;1-2H,3-6H2. The molecule has 0 aliphatic heterocycles. The molecule has 0 nitrogen and oxygen atoms in total. The maximum absolute atomic E-state index is 2.42. The summed E-state index contributed by atoms with van der Waals surface area (Å²) in [5, 5.41) is 0. The number of hydrogen-bond acceptors (Lipinski definition) is 0. The van der Waals surface area contributed by atoms with Gasteiger partial charge >= 0.3 is 0 Å². The van der Waals surface area contributed by atoms with Crippen molar-refractivity contribution < 1.29 is 0 Å². The number of allylic oxidation sites excluding steroid dienone is 8. The first-order valence-electron chi connectivity index (χ1n) is 8.04. The first kappa shape index (κ1) is 14.4. The smallest absolute Gasteiger partial charge is 0.0159 e. The second-order valence-corrected chi connectivity index (χ2v) is 5.93. The summed E-state index contributed by atoms with van der Waals surface area (Å²) >= 11 is 0. The van der Waals surface area contributed by atoms with Gasteiger partial charge in [-0.05, 0) is 68.8 Å². The van der Waals surface area contributed by atoms with Crippen molar-refractivity contribution in [3.05, 3.63) is 48.1 Å². The van der Waals surface area contributed by atoms with Crippen LogP contribution in [0.1, 0.15) is 58.3 Å². The second-order valence-electron chi connectivity index (χ2n) is 5.93. The summed E-state index contributed by atoms with van der Waals surface area (Å²) < 4.78 is 0. The highest BCUT2D eigenvalue weighted by Crippen LogP contribution is 2.32. The van der Waals surface area contributed by atoms with E-state index in [0.29, 0.717) is 0 Å². The molecule has 3 aliphatic carbocycles. The van der Waals surface area contributed by atoms with Crippen molar-refractivity contribution in [1.29, 1.82) is 0 Å². The Kier molecular flexibility index (Phi) is 6.20. The first-order valence-corrected chi connectivity index (χ1v) is 8.04. The SMILES string of the molecule is C1=CCCCC1.CC(C1=CCCC=C1)C1CC=CC1. The molecule has 0 heteroatoms. The van der Waals surface area contributed by atoms with E-state index >= 15 is 0 Å². The lowest BCUT2D eigenvalue weighted by atomic mass is 9.83. The maximum Gasteiger partial charge on any atom is -0.0159 e. The Morgan fingerprint density at radius 2 is 1.53 bits per heavy atom. The van der Waals surface area contributed by atoms with Crippen LogP contribution in [0, 0.1) is 11.8 Å². The summed E-state index contributed by atoms with van der Waals surface area (Å²) in [5.74, 6) is 1.63. The highest BCUT2D eigenvalue weighted by molar-refractivity contribution is 5.25. The highest BCUT2D eigenvalue weighted by atomic mass is 14.2. The molecule has 0 saturated heterocycles. The lowest BCUT2D eigenvalue weighted by molar-refractivity contribution is 0.433. The topological polar surface area (TPSA) is 0 Å². The molecule has 3 aliphatic rings. The second kappa shape index (κ2) is 8.19. The van der Waals surface area contributed by atoms with E-state index in [9.17, 15) is 0 Å². The van der Waals surface area contributed by atoms with Gasteiger partial charge in [0.05, 0.1) is 0 Å². The molecule has 0 amide bonds. The Balaban J connectivity index is 0.000000186. The molecule has 0 N–H and O–H groups in total. The molecular weight excluding hydrogens is 228 g/mol. The Labute approximate surface area is 119 Å². The maximum atomic E-state index is 2.42. The Bertz CT molecular complexity index is 351. The van der Waals surface area contributed by atoms with Crippen LogP contribution in [-0.2, 0) is 0 Å². The van der Waals surface area contributed by atoms with Crippen molar-refractivity contribution in [2.24, 2.45) is 11.8 Å². The van der Waals surface area contributed by atoms with Gasteiger partial charge in [-0.1, -0.05) is 49.5 Å². The molecule has 0 bridgehead atoms. The van der Waals surface area contributed by atoms with Gasteiger partial charge in [0.2, 0.25) is 0 Å². The van der Waals surface area contributed by atoms with Gasteiger partial charge in [-0.3, -0.25) is 0 Å². The minimum absolute atomic E-state index is 0.756. The van der Waals surface area contributed by atoms with E-state index in [2.05, 4.69) is 49.5 Å². The van der Waals surface area contributed by atoms with Gasteiger partial charge in [0.15, 0.2) is 0 Å². The summed E-state index contributed by atoms with van der Waals surface area (Å²) in [4.78, 5) is 0. The lowest BCUT2D eigenvalue weighted by Gasteiger charge is -2.21. The predicted octanol–water partition coefficient (Wildman–Crippen LogP) is 5.98. The van der Waals surface area contributed by atoms with Gasteiger partial charge in [0.1, 0.15) is 0 Å². The van der Waals surface area contributed by atoms with Crippen molar-refractivity contribution in [2.75, 3.05) is 0 Å². The van der Waals surface area contributed by atoms with Gasteiger partial charge < -0.3 is 0 Å². The summed E-state index contributed by atoms with van der Waals surface area (Å²) in [6.45, 7) is 2.37. The van der Waals surface area contributed by atoms with E-state index in [-0.39, 0.29) is 0 Å². The van der Waals surface area contributed by atoms with E-state index in [0.717, 1.165) is 11.8 Å². The fourth-order valence-electron chi connectivity index (χ4n) is 3.05. The van der Waals surface area contributed by atoms with Crippen LogP contribution in [0.15, 0.2) is 48.1 Å². The van der Waals surface area contributed by atoms with Gasteiger partial charge in [0.25, 0.3) is 0 Å². The summed E-state index contributed by atoms with van der Waals surface area (Å²) in [6.07, 6.45) is 26.8. The van der Waals surface area contributed by atoms with Gasteiger partial charge in [-0.25, -0.2) is 0 Å². The van der Waals surface area contributed by atoms with E-state index in [4.69, 9.17) is 0 Å². The van der Waals surface area contributed by atoms with Crippen molar-refractivity contribution in [3.63, 3.8) is 0 Å². The van der Waals surface area contributed by atoms with Crippen LogP contribution in [-0.4, -0.2) is 0 Å². The zero-order valence-electron chi connectivity index (χ0n) is 12.4. The third-order valence-electron chi connectivity index (χ3n) is 4.46. The lowest BCUT2D eigenvalue weighted by Crippen LogP contribution is -2.10. The largest absolute Gasteiger partial charge is 0.0885 e. The molecular formula is C19H28. The predicted molar refractivity (Wildman–Crippen MR) is 85.1 cm³/mol. The van der Waals surface area contributed by atoms with Crippen LogP contribution < -0.4 is 0 Å². The zero-order valence-corrected chi connectivity index (χ0v) is 12.4. The summed E-state index contributed by atoms with van der Waals surface area (Å²) in [6, 6.07) is 0. The molecule has 0 radical (unpaired) electrons. The molecule has 0 aromatic carbocycles. The van der Waals surface area contributed by atoms with Crippen molar-refractivity contribution in [3.8, 4) is 0 Å². The minimum Gasteiger partial charge on any atom is -0.0885 e. The van der Waals surface area contributed by atoms with E-state index < -0.39 is 0 Å². The number of rotatable bonds is 2. The fraction of sp³-hybridized carbons (Fsp3) is 0.579. The third kappa shape index (κ3) is 4.86. The van der Waals surface area contributed by atoms with E-state index in [1.165, 1.54) is 51.4 Å². The summed E-state index contributed by atoms with van der Waals surface area (Å²) in [7, 11) is 0. The van der Waals surface area contributed by atoms with Crippen molar-refractivity contribution in [2.45, 2.75) is 58.3 Å². The Morgan fingerprint density at radius 3 is 2.00 bits per heavy atom. The summed E-state index contributed by atoms with van der Waals surface area (Å²) in [5.41, 5.74) is 1.57. The average molecular weight is 256 g/mol. The van der Waals surface area contributed by atoms with Crippen LogP contribution in [0.5, 0.6) is 0 Å². The fourth-order valence-corrected chi connectivity index (χ4v) is 3.05. The zero-order chi connectivity index (χ0) is 13.3. The quantitative estimate of drug-likeness (QED) is 0.533. The molecule has 3 rings (SSSR count). The molecule has 19 heavy (non-hydrogen) atoms. The first-order chi connectivity index (χ1) is 9.38. The van der Waals surface area contributed by atoms with Crippen LogP contribution in [0.25, 0.3) is 0 Å². The molecule has 0 heterocycles. The monoisotopic (exact) mass is 256 g/mol. The molecule has 0 aromatic rings. The molecule has 0 fully saturated rings. The molecule has 104 valence electrons. The molecule has 0 aromatic heterocycles. The van der Waals surface area contributed by atoms with Crippen molar-refractivity contribution >= 4 is 0 Å². The number of hydrogen-bond donors (Lipinski definition) is 0. The van der Waals surface area contributed by atoms with Gasteiger partial charge in [-0.15, -0.1) is 0 Å². The van der Waals surface area contributed by atoms with Crippen LogP contribution in [0.3, 0.4) is 0 Å². The van der Waals surface area contributed by atoms with Gasteiger partial charge in [-0.2, -0.15) is 0 Å². The average Bonchev–Trinajstić information content (AvgIpc) is 3.04. The minimum atomic E-state index is 0.756.